The van der Waals surface area contributed by atoms with Gasteiger partial charge in [-0.2, -0.15) is 0 Å². The summed E-state index contributed by atoms with van der Waals surface area (Å²) in [6.45, 7) is 6.47. The molecule has 1 N–H and O–H groups in total. The lowest BCUT2D eigenvalue weighted by Crippen LogP contribution is -2.23. The van der Waals surface area contributed by atoms with Gasteiger partial charge in [-0.25, -0.2) is 0 Å². The van der Waals surface area contributed by atoms with Crippen LogP contribution in [0.1, 0.15) is 36.0 Å². The lowest BCUT2D eigenvalue weighted by atomic mass is 9.91. The van der Waals surface area contributed by atoms with Gasteiger partial charge in [0.15, 0.2) is 0 Å². The van der Waals surface area contributed by atoms with Gasteiger partial charge in [0.2, 0.25) is 0 Å². The Morgan fingerprint density at radius 3 is 2.52 bits per heavy atom. The van der Waals surface area contributed by atoms with Crippen molar-refractivity contribution in [1.82, 2.24) is 5.32 Å². The van der Waals surface area contributed by atoms with Gasteiger partial charge in [0, 0.05) is 16.9 Å². The monoisotopic (exact) mass is 345 g/mol. The summed E-state index contributed by atoms with van der Waals surface area (Å²) < 4.78 is 1.16. The van der Waals surface area contributed by atoms with E-state index in [-0.39, 0.29) is 0 Å². The van der Waals surface area contributed by atoms with Gasteiger partial charge >= 0.3 is 0 Å². The summed E-state index contributed by atoms with van der Waals surface area (Å²) in [5.41, 5.74) is 4.12. The fourth-order valence-electron chi connectivity index (χ4n) is 2.55. The highest BCUT2D eigenvalue weighted by Crippen LogP contribution is 2.22. The van der Waals surface area contributed by atoms with Crippen LogP contribution in [0.4, 0.5) is 0 Å². The fraction of sp³-hybridized carbons (Fsp3) is 0.368. The lowest BCUT2D eigenvalue weighted by molar-refractivity contribution is 0.576. The van der Waals surface area contributed by atoms with Crippen LogP contribution in [0.3, 0.4) is 0 Å². The van der Waals surface area contributed by atoms with E-state index in [0.29, 0.717) is 5.92 Å². The van der Waals surface area contributed by atoms with Crippen molar-refractivity contribution in [3.05, 3.63) is 69.7 Å². The standard InChI is InChI=1S/C19H24BrN/c1-3-11-21-14-18(17-9-7-15(2)8-10-17)12-16-5-4-6-19(20)13-16/h4-10,13,18,21H,3,11-12,14H2,1-2H3. The zero-order valence-corrected chi connectivity index (χ0v) is 14.5. The molecule has 21 heavy (non-hydrogen) atoms. The van der Waals surface area contributed by atoms with Crippen LogP contribution in [0.5, 0.6) is 0 Å². The molecule has 0 aliphatic heterocycles. The van der Waals surface area contributed by atoms with Gasteiger partial charge in [-0.15, -0.1) is 0 Å². The summed E-state index contributed by atoms with van der Waals surface area (Å²) in [4.78, 5) is 0. The molecule has 0 aliphatic carbocycles. The maximum atomic E-state index is 3.57. The quantitative estimate of drug-likeness (QED) is 0.689. The molecule has 0 amide bonds. The molecule has 1 nitrogen and oxygen atoms in total. The molecular formula is C19H24BrN. The molecular weight excluding hydrogens is 322 g/mol. The van der Waals surface area contributed by atoms with Crippen molar-refractivity contribution in [2.24, 2.45) is 0 Å². The Morgan fingerprint density at radius 2 is 1.86 bits per heavy atom. The summed E-state index contributed by atoms with van der Waals surface area (Å²) in [6, 6.07) is 17.6. The van der Waals surface area contributed by atoms with Gasteiger partial charge in [0.05, 0.1) is 0 Å². The Balaban J connectivity index is 2.13. The number of nitrogens with one attached hydrogen (secondary N) is 1. The van der Waals surface area contributed by atoms with E-state index in [2.05, 4.69) is 83.6 Å². The van der Waals surface area contributed by atoms with Crippen molar-refractivity contribution in [2.45, 2.75) is 32.6 Å². The first kappa shape index (κ1) is 16.3. The average Bonchev–Trinajstić information content (AvgIpc) is 2.47. The van der Waals surface area contributed by atoms with Crippen molar-refractivity contribution in [3.63, 3.8) is 0 Å². The highest BCUT2D eigenvalue weighted by Gasteiger charge is 2.12. The summed E-state index contributed by atoms with van der Waals surface area (Å²) in [5, 5.41) is 3.57. The van der Waals surface area contributed by atoms with E-state index in [1.54, 1.807) is 0 Å². The maximum Gasteiger partial charge on any atom is 0.0177 e. The Bertz CT molecular complexity index is 548. The van der Waals surface area contributed by atoms with E-state index in [9.17, 15) is 0 Å². The van der Waals surface area contributed by atoms with Gasteiger partial charge in [-0.05, 0) is 49.6 Å². The molecule has 0 aliphatic rings. The highest BCUT2D eigenvalue weighted by molar-refractivity contribution is 9.10. The first-order chi connectivity index (χ1) is 10.2. The predicted octanol–water partition coefficient (Wildman–Crippen LogP) is 5.08. The van der Waals surface area contributed by atoms with E-state index in [1.807, 2.05) is 0 Å². The molecule has 0 saturated heterocycles. The molecule has 0 spiro atoms. The minimum atomic E-state index is 0.520. The first-order valence-corrected chi connectivity index (χ1v) is 8.50. The smallest absolute Gasteiger partial charge is 0.0177 e. The van der Waals surface area contributed by atoms with E-state index in [0.717, 1.165) is 24.0 Å². The minimum Gasteiger partial charge on any atom is -0.316 e. The summed E-state index contributed by atoms with van der Waals surface area (Å²) in [6.07, 6.45) is 2.25. The minimum absolute atomic E-state index is 0.520. The van der Waals surface area contributed by atoms with Crippen LogP contribution in [-0.2, 0) is 6.42 Å². The number of aryl methyl sites for hydroxylation is 1. The zero-order chi connectivity index (χ0) is 15.1. The van der Waals surface area contributed by atoms with E-state index in [4.69, 9.17) is 0 Å². The molecule has 1 atom stereocenters. The van der Waals surface area contributed by atoms with Gasteiger partial charge in [0.25, 0.3) is 0 Å². The van der Waals surface area contributed by atoms with Gasteiger partial charge in [-0.3, -0.25) is 0 Å². The summed E-state index contributed by atoms with van der Waals surface area (Å²) in [7, 11) is 0. The third-order valence-corrected chi connectivity index (χ3v) is 4.23. The van der Waals surface area contributed by atoms with Crippen LogP contribution in [0.25, 0.3) is 0 Å². The second-order valence-corrected chi connectivity index (χ2v) is 6.56. The van der Waals surface area contributed by atoms with Crippen molar-refractivity contribution in [2.75, 3.05) is 13.1 Å². The number of rotatable bonds is 7. The van der Waals surface area contributed by atoms with Crippen molar-refractivity contribution in [1.29, 1.82) is 0 Å². The molecule has 0 radical (unpaired) electrons. The maximum absolute atomic E-state index is 3.57. The van der Waals surface area contributed by atoms with Crippen LogP contribution >= 0.6 is 15.9 Å². The molecule has 112 valence electrons. The fourth-order valence-corrected chi connectivity index (χ4v) is 2.99. The van der Waals surface area contributed by atoms with Crippen LogP contribution < -0.4 is 5.32 Å². The van der Waals surface area contributed by atoms with Crippen LogP contribution in [-0.4, -0.2) is 13.1 Å². The molecule has 0 fully saturated rings. The molecule has 2 heteroatoms. The zero-order valence-electron chi connectivity index (χ0n) is 12.9. The van der Waals surface area contributed by atoms with Crippen molar-refractivity contribution in [3.8, 4) is 0 Å². The van der Waals surface area contributed by atoms with Gasteiger partial charge < -0.3 is 5.32 Å². The largest absolute Gasteiger partial charge is 0.316 e. The predicted molar refractivity (Wildman–Crippen MR) is 94.9 cm³/mol. The van der Waals surface area contributed by atoms with Gasteiger partial charge in [0.1, 0.15) is 0 Å². The first-order valence-electron chi connectivity index (χ1n) is 7.70. The Hall–Kier alpha value is -1.12. The van der Waals surface area contributed by atoms with Crippen molar-refractivity contribution >= 4 is 15.9 Å². The number of benzene rings is 2. The van der Waals surface area contributed by atoms with Crippen LogP contribution in [0, 0.1) is 6.92 Å². The average molecular weight is 346 g/mol. The number of halogens is 1. The second kappa shape index (κ2) is 8.35. The second-order valence-electron chi connectivity index (χ2n) is 5.65. The molecule has 2 aromatic carbocycles. The third kappa shape index (κ3) is 5.29. The Morgan fingerprint density at radius 1 is 1.10 bits per heavy atom. The van der Waals surface area contributed by atoms with E-state index < -0.39 is 0 Å². The Kier molecular flexibility index (Phi) is 6.47. The number of hydrogen-bond acceptors (Lipinski definition) is 1. The highest BCUT2D eigenvalue weighted by atomic mass is 79.9. The van der Waals surface area contributed by atoms with E-state index >= 15 is 0 Å². The molecule has 0 saturated carbocycles. The van der Waals surface area contributed by atoms with E-state index in [1.165, 1.54) is 23.1 Å². The van der Waals surface area contributed by atoms with Crippen molar-refractivity contribution < 1.29 is 0 Å². The van der Waals surface area contributed by atoms with Crippen LogP contribution in [0.2, 0.25) is 0 Å². The number of hydrogen-bond donors (Lipinski definition) is 1. The molecule has 2 aromatic rings. The molecule has 0 aromatic heterocycles. The van der Waals surface area contributed by atoms with Gasteiger partial charge in [-0.1, -0.05) is 64.8 Å². The lowest BCUT2D eigenvalue weighted by Gasteiger charge is -2.19. The molecule has 2 rings (SSSR count). The molecule has 0 bridgehead atoms. The SMILES string of the molecule is CCCNCC(Cc1cccc(Br)c1)c1ccc(C)cc1. The Labute approximate surface area is 136 Å². The topological polar surface area (TPSA) is 12.0 Å². The molecule has 0 heterocycles. The normalized spacial score (nSPS) is 12.3. The summed E-state index contributed by atoms with van der Waals surface area (Å²) >= 11 is 3.57. The third-order valence-electron chi connectivity index (χ3n) is 3.74. The van der Waals surface area contributed by atoms with Crippen LogP contribution in [0.15, 0.2) is 53.0 Å². The molecule has 1 unspecified atom stereocenters. The summed E-state index contributed by atoms with van der Waals surface area (Å²) in [5.74, 6) is 0.520.